The number of aromatic nitrogens is 4. The lowest BCUT2D eigenvalue weighted by molar-refractivity contribution is 0.669. The number of pyridine rings is 2. The van der Waals surface area contributed by atoms with Gasteiger partial charge in [-0.15, -0.1) is 0 Å². The molecule has 4 aromatic carbocycles. The molecule has 0 radical (unpaired) electrons. The summed E-state index contributed by atoms with van der Waals surface area (Å²) in [6.07, 6.45) is 1.84. The third kappa shape index (κ3) is 2.79. The molecule has 0 saturated carbocycles. The van der Waals surface area contributed by atoms with Crippen LogP contribution in [0.1, 0.15) is 0 Å². The van der Waals surface area contributed by atoms with Crippen LogP contribution in [0.3, 0.4) is 0 Å². The molecule has 0 aliphatic heterocycles. The average Bonchev–Trinajstić information content (AvgIpc) is 3.63. The van der Waals surface area contributed by atoms with Gasteiger partial charge >= 0.3 is 0 Å². The van der Waals surface area contributed by atoms with E-state index in [0.717, 1.165) is 71.9 Å². The number of fused-ring (bicyclic) bond motifs is 9. The molecule has 0 bridgehead atoms. The molecule has 0 fully saturated rings. The highest BCUT2D eigenvalue weighted by Crippen LogP contribution is 2.38. The minimum atomic E-state index is 0.880. The maximum atomic E-state index is 6.11. The van der Waals surface area contributed by atoms with E-state index in [2.05, 4.69) is 100 Å². The first-order valence-electron chi connectivity index (χ1n) is 13.0. The van der Waals surface area contributed by atoms with E-state index >= 15 is 0 Å². The number of hydrogen-bond acceptors (Lipinski definition) is 3. The Bertz CT molecular complexity index is 2390. The molecule has 0 saturated heterocycles. The van der Waals surface area contributed by atoms with Crippen molar-refractivity contribution in [1.82, 2.24) is 19.1 Å². The summed E-state index contributed by atoms with van der Waals surface area (Å²) in [7, 11) is 0. The van der Waals surface area contributed by atoms with E-state index in [-0.39, 0.29) is 0 Å². The topological polar surface area (TPSA) is 48.8 Å². The Hall–Kier alpha value is -5.42. The van der Waals surface area contributed by atoms with Gasteiger partial charge in [0.2, 0.25) is 0 Å². The molecule has 5 aromatic heterocycles. The first-order chi connectivity index (χ1) is 19.3. The molecule has 0 aliphatic rings. The quantitative estimate of drug-likeness (QED) is 0.239. The maximum Gasteiger partial charge on any atom is 0.146 e. The van der Waals surface area contributed by atoms with Gasteiger partial charge in [0, 0.05) is 39.1 Å². The lowest BCUT2D eigenvalue weighted by atomic mass is 10.1. The average molecular weight is 501 g/mol. The second kappa shape index (κ2) is 7.55. The minimum Gasteiger partial charge on any atom is -0.456 e. The third-order valence-corrected chi connectivity index (χ3v) is 7.75. The summed E-state index contributed by atoms with van der Waals surface area (Å²) < 4.78 is 10.6. The zero-order valence-electron chi connectivity index (χ0n) is 20.7. The monoisotopic (exact) mass is 500 g/mol. The molecular weight excluding hydrogens is 480 g/mol. The van der Waals surface area contributed by atoms with Crippen LogP contribution < -0.4 is 0 Å². The fourth-order valence-corrected chi connectivity index (χ4v) is 6.08. The molecule has 39 heavy (non-hydrogen) atoms. The van der Waals surface area contributed by atoms with Gasteiger partial charge in [0.25, 0.3) is 0 Å². The van der Waals surface area contributed by atoms with Crippen molar-refractivity contribution in [2.45, 2.75) is 0 Å². The van der Waals surface area contributed by atoms with E-state index in [9.17, 15) is 0 Å². The normalized spacial score (nSPS) is 12.1. The van der Waals surface area contributed by atoms with Gasteiger partial charge in [-0.2, -0.15) is 0 Å². The van der Waals surface area contributed by atoms with Gasteiger partial charge in [0.05, 0.1) is 16.6 Å². The second-order valence-electron chi connectivity index (χ2n) is 9.90. The third-order valence-electron chi connectivity index (χ3n) is 7.75. The molecule has 0 atom stereocenters. The number of rotatable bonds is 2. The zero-order valence-corrected chi connectivity index (χ0v) is 20.7. The van der Waals surface area contributed by atoms with Crippen molar-refractivity contribution in [3.8, 4) is 11.4 Å². The standard InChI is InChI=1S/C34H20N4O/c1-2-9-21(10-3-1)38-27-13-6-4-11-23(27)26-20-29-33(36-34(26)38)32-28(14-8-18-35-32)37(29)22-16-17-31-25(19-22)24-12-5-7-15-30(24)39-31/h1-20H. The van der Waals surface area contributed by atoms with Crippen molar-refractivity contribution in [3.63, 3.8) is 0 Å². The summed E-state index contributed by atoms with van der Waals surface area (Å²) in [5, 5.41) is 4.49. The molecule has 9 rings (SSSR count). The van der Waals surface area contributed by atoms with Gasteiger partial charge in [-0.1, -0.05) is 54.6 Å². The first kappa shape index (κ1) is 20.6. The van der Waals surface area contributed by atoms with Crippen molar-refractivity contribution < 1.29 is 4.42 Å². The van der Waals surface area contributed by atoms with Gasteiger partial charge in [-0.3, -0.25) is 9.55 Å². The van der Waals surface area contributed by atoms with Crippen LogP contribution in [0.2, 0.25) is 0 Å². The number of nitrogens with zero attached hydrogens (tertiary/aromatic N) is 4. The molecule has 0 aliphatic carbocycles. The summed E-state index contributed by atoms with van der Waals surface area (Å²) in [5.74, 6) is 0. The predicted octanol–water partition coefficient (Wildman–Crippen LogP) is 8.57. The van der Waals surface area contributed by atoms with Crippen molar-refractivity contribution >= 4 is 65.9 Å². The lowest BCUT2D eigenvalue weighted by Crippen LogP contribution is -1.96. The lowest BCUT2D eigenvalue weighted by Gasteiger charge is -2.08. The van der Waals surface area contributed by atoms with Crippen LogP contribution >= 0.6 is 0 Å². The van der Waals surface area contributed by atoms with Crippen LogP contribution in [-0.2, 0) is 0 Å². The highest BCUT2D eigenvalue weighted by molar-refractivity contribution is 6.15. The van der Waals surface area contributed by atoms with Crippen LogP contribution in [0.4, 0.5) is 0 Å². The van der Waals surface area contributed by atoms with Gasteiger partial charge in [-0.25, -0.2) is 4.98 Å². The van der Waals surface area contributed by atoms with Crippen molar-refractivity contribution in [3.05, 3.63) is 121 Å². The second-order valence-corrected chi connectivity index (χ2v) is 9.90. The van der Waals surface area contributed by atoms with E-state index in [1.807, 2.05) is 30.5 Å². The SMILES string of the molecule is c1ccc(-n2c3ccccc3c3cc4c(nc32)c2ncccc2n4-c2ccc3oc4ccccc4c3c2)cc1. The van der Waals surface area contributed by atoms with Crippen LogP contribution in [0.5, 0.6) is 0 Å². The number of para-hydroxylation sites is 3. The number of hydrogen-bond donors (Lipinski definition) is 0. The number of benzene rings is 4. The Labute approximate surface area is 222 Å². The van der Waals surface area contributed by atoms with E-state index in [4.69, 9.17) is 14.4 Å². The Morgan fingerprint density at radius 2 is 1.26 bits per heavy atom. The van der Waals surface area contributed by atoms with Crippen molar-refractivity contribution in [1.29, 1.82) is 0 Å². The first-order valence-corrected chi connectivity index (χ1v) is 13.0. The van der Waals surface area contributed by atoms with Crippen LogP contribution in [-0.4, -0.2) is 19.1 Å². The molecule has 9 aromatic rings. The summed E-state index contributed by atoms with van der Waals surface area (Å²) in [4.78, 5) is 10.1. The summed E-state index contributed by atoms with van der Waals surface area (Å²) >= 11 is 0. The highest BCUT2D eigenvalue weighted by Gasteiger charge is 2.20. The van der Waals surface area contributed by atoms with Gasteiger partial charge in [0.15, 0.2) is 0 Å². The fraction of sp³-hybridized carbons (Fsp3) is 0. The van der Waals surface area contributed by atoms with E-state index in [1.165, 1.54) is 5.39 Å². The largest absolute Gasteiger partial charge is 0.456 e. The van der Waals surface area contributed by atoms with Gasteiger partial charge in [-0.05, 0) is 60.7 Å². The van der Waals surface area contributed by atoms with Gasteiger partial charge in [0.1, 0.15) is 27.8 Å². The van der Waals surface area contributed by atoms with Crippen LogP contribution in [0.25, 0.3) is 77.3 Å². The number of furan rings is 1. The van der Waals surface area contributed by atoms with E-state index in [1.54, 1.807) is 0 Å². The van der Waals surface area contributed by atoms with E-state index in [0.29, 0.717) is 0 Å². The Morgan fingerprint density at radius 3 is 2.18 bits per heavy atom. The zero-order chi connectivity index (χ0) is 25.5. The molecule has 0 unspecified atom stereocenters. The predicted molar refractivity (Wildman–Crippen MR) is 158 cm³/mol. The summed E-state index contributed by atoms with van der Waals surface area (Å²) in [6, 6.07) is 39.9. The molecule has 0 N–H and O–H groups in total. The molecule has 5 heteroatoms. The summed E-state index contributed by atoms with van der Waals surface area (Å²) in [5.41, 5.74) is 9.79. The molecule has 0 amide bonds. The summed E-state index contributed by atoms with van der Waals surface area (Å²) in [6.45, 7) is 0. The minimum absolute atomic E-state index is 0.880. The Morgan fingerprint density at radius 1 is 0.487 bits per heavy atom. The highest BCUT2D eigenvalue weighted by atomic mass is 16.3. The van der Waals surface area contributed by atoms with Crippen LogP contribution in [0.15, 0.2) is 126 Å². The van der Waals surface area contributed by atoms with E-state index < -0.39 is 0 Å². The Balaban J connectivity index is 1.43. The maximum absolute atomic E-state index is 6.11. The molecule has 5 nitrogen and oxygen atoms in total. The molecule has 0 spiro atoms. The van der Waals surface area contributed by atoms with Crippen molar-refractivity contribution in [2.75, 3.05) is 0 Å². The Kier molecular flexibility index (Phi) is 3.99. The molecular formula is C34H20N4O. The van der Waals surface area contributed by atoms with Crippen molar-refractivity contribution in [2.24, 2.45) is 0 Å². The van der Waals surface area contributed by atoms with Crippen LogP contribution in [0, 0.1) is 0 Å². The molecule has 5 heterocycles. The molecule has 182 valence electrons. The fourth-order valence-electron chi connectivity index (χ4n) is 6.08. The smallest absolute Gasteiger partial charge is 0.146 e. The van der Waals surface area contributed by atoms with Gasteiger partial charge < -0.3 is 8.98 Å².